The van der Waals surface area contributed by atoms with E-state index in [9.17, 15) is 14.7 Å². The highest BCUT2D eigenvalue weighted by atomic mass is 35.5. The first kappa shape index (κ1) is 15.6. The Bertz CT molecular complexity index is 576. The number of carboxylic acid groups (broad SMARTS) is 1. The number of aliphatic carboxylic acids is 1. The van der Waals surface area contributed by atoms with Crippen molar-refractivity contribution in [3.8, 4) is 0 Å². The van der Waals surface area contributed by atoms with Crippen molar-refractivity contribution in [1.82, 2.24) is 4.90 Å². The molecule has 21 heavy (non-hydrogen) atoms. The van der Waals surface area contributed by atoms with E-state index < -0.39 is 11.4 Å². The summed E-state index contributed by atoms with van der Waals surface area (Å²) in [7, 11) is 0. The molecule has 1 aromatic carbocycles. The van der Waals surface area contributed by atoms with Gasteiger partial charge in [-0.05, 0) is 37.5 Å². The maximum atomic E-state index is 12.2. The van der Waals surface area contributed by atoms with Crippen LogP contribution in [-0.2, 0) is 11.2 Å². The van der Waals surface area contributed by atoms with Crippen molar-refractivity contribution in [2.24, 2.45) is 5.41 Å². The molecule has 114 valence electrons. The molecule has 1 aliphatic heterocycles. The molecule has 1 heterocycles. The number of carboxylic acids is 1. The molecule has 1 aromatic rings. The number of carbonyl (C=O) groups is 2. The number of halogens is 1. The number of likely N-dealkylation sites (tertiary alicyclic amines) is 1. The Labute approximate surface area is 128 Å². The van der Waals surface area contributed by atoms with E-state index >= 15 is 0 Å². The van der Waals surface area contributed by atoms with Crippen LogP contribution in [0.25, 0.3) is 0 Å². The minimum absolute atomic E-state index is 0.217. The fourth-order valence-corrected chi connectivity index (χ4v) is 2.74. The molecular weight excluding hydrogens is 292 g/mol. The molecule has 0 saturated carbocycles. The van der Waals surface area contributed by atoms with E-state index in [2.05, 4.69) is 5.32 Å². The minimum Gasteiger partial charge on any atom is -0.481 e. The van der Waals surface area contributed by atoms with E-state index in [1.54, 1.807) is 19.1 Å². The van der Waals surface area contributed by atoms with Crippen LogP contribution in [0, 0.1) is 5.41 Å². The summed E-state index contributed by atoms with van der Waals surface area (Å²) in [5.41, 5.74) is 0.779. The third kappa shape index (κ3) is 3.29. The highest BCUT2D eigenvalue weighted by Crippen LogP contribution is 2.30. The van der Waals surface area contributed by atoms with Crippen molar-refractivity contribution in [3.05, 3.63) is 28.8 Å². The Balaban J connectivity index is 2.03. The Kier molecular flexibility index (Phi) is 4.42. The highest BCUT2D eigenvalue weighted by molar-refractivity contribution is 6.31. The quantitative estimate of drug-likeness (QED) is 0.900. The minimum atomic E-state index is -0.867. The van der Waals surface area contributed by atoms with Gasteiger partial charge in [-0.15, -0.1) is 0 Å². The van der Waals surface area contributed by atoms with Crippen molar-refractivity contribution in [1.29, 1.82) is 0 Å². The molecular formula is C15H19ClN2O3. The standard InChI is InChI=1S/C15H19ClN2O3/c1-3-10-4-5-11(8-12(10)16)17-14(21)18-7-6-15(2,9-18)13(19)20/h4-5,8H,3,6-7,9H2,1-2H3,(H,17,21)(H,19,20). The molecule has 0 bridgehead atoms. The number of benzene rings is 1. The zero-order valence-electron chi connectivity index (χ0n) is 12.1. The third-order valence-electron chi connectivity index (χ3n) is 3.96. The van der Waals surface area contributed by atoms with E-state index in [-0.39, 0.29) is 12.6 Å². The van der Waals surface area contributed by atoms with Crippen LogP contribution < -0.4 is 5.32 Å². The van der Waals surface area contributed by atoms with Crippen LogP contribution in [0.15, 0.2) is 18.2 Å². The number of rotatable bonds is 3. The molecule has 1 fully saturated rings. The Morgan fingerprint density at radius 1 is 1.48 bits per heavy atom. The number of hydrogen-bond acceptors (Lipinski definition) is 2. The molecule has 0 spiro atoms. The topological polar surface area (TPSA) is 69.6 Å². The summed E-state index contributed by atoms with van der Waals surface area (Å²) in [6.07, 6.45) is 1.29. The summed E-state index contributed by atoms with van der Waals surface area (Å²) in [6, 6.07) is 5.10. The molecule has 1 saturated heterocycles. The first-order chi connectivity index (χ1) is 9.85. The van der Waals surface area contributed by atoms with Gasteiger partial charge in [0, 0.05) is 23.8 Å². The van der Waals surface area contributed by atoms with Gasteiger partial charge in [0.1, 0.15) is 0 Å². The molecule has 0 aromatic heterocycles. The van der Waals surface area contributed by atoms with Crippen LogP contribution in [-0.4, -0.2) is 35.1 Å². The number of aryl methyl sites for hydroxylation is 1. The maximum absolute atomic E-state index is 12.2. The van der Waals surface area contributed by atoms with E-state index in [0.29, 0.717) is 23.7 Å². The summed E-state index contributed by atoms with van der Waals surface area (Å²) < 4.78 is 0. The zero-order chi connectivity index (χ0) is 15.6. The van der Waals surface area contributed by atoms with Crippen LogP contribution in [0.2, 0.25) is 5.02 Å². The largest absolute Gasteiger partial charge is 0.481 e. The number of amides is 2. The lowest BCUT2D eigenvalue weighted by molar-refractivity contribution is -0.146. The molecule has 1 aliphatic rings. The SMILES string of the molecule is CCc1ccc(NC(=O)N2CCC(C)(C(=O)O)C2)cc1Cl. The summed E-state index contributed by atoms with van der Waals surface area (Å²) in [4.78, 5) is 24.9. The molecule has 6 heteroatoms. The average Bonchev–Trinajstić information content (AvgIpc) is 2.83. The average molecular weight is 311 g/mol. The van der Waals surface area contributed by atoms with Gasteiger partial charge in [-0.2, -0.15) is 0 Å². The number of nitrogens with one attached hydrogen (secondary N) is 1. The van der Waals surface area contributed by atoms with Gasteiger partial charge in [-0.1, -0.05) is 24.6 Å². The lowest BCUT2D eigenvalue weighted by atomic mass is 9.90. The van der Waals surface area contributed by atoms with Crippen molar-refractivity contribution >= 4 is 29.3 Å². The van der Waals surface area contributed by atoms with Crippen LogP contribution in [0.4, 0.5) is 10.5 Å². The van der Waals surface area contributed by atoms with Gasteiger partial charge >= 0.3 is 12.0 Å². The fourth-order valence-electron chi connectivity index (χ4n) is 2.42. The Morgan fingerprint density at radius 3 is 2.71 bits per heavy atom. The van der Waals surface area contributed by atoms with Crippen LogP contribution in [0.5, 0.6) is 0 Å². The first-order valence-corrected chi connectivity index (χ1v) is 7.31. The number of urea groups is 1. The third-order valence-corrected chi connectivity index (χ3v) is 4.31. The van der Waals surface area contributed by atoms with Gasteiger partial charge in [0.15, 0.2) is 0 Å². The Morgan fingerprint density at radius 2 is 2.19 bits per heavy atom. The molecule has 0 aliphatic carbocycles. The molecule has 2 amide bonds. The van der Waals surface area contributed by atoms with Gasteiger partial charge in [0.25, 0.3) is 0 Å². The monoisotopic (exact) mass is 310 g/mol. The van der Waals surface area contributed by atoms with Crippen LogP contribution in [0.3, 0.4) is 0 Å². The molecule has 5 nitrogen and oxygen atoms in total. The van der Waals surface area contributed by atoms with Gasteiger partial charge in [0.05, 0.1) is 5.41 Å². The molecule has 1 atom stereocenters. The van der Waals surface area contributed by atoms with Crippen molar-refractivity contribution in [2.45, 2.75) is 26.7 Å². The van der Waals surface area contributed by atoms with Crippen molar-refractivity contribution in [3.63, 3.8) is 0 Å². The van der Waals surface area contributed by atoms with Gasteiger partial charge in [-0.3, -0.25) is 4.79 Å². The van der Waals surface area contributed by atoms with Gasteiger partial charge < -0.3 is 15.3 Å². The maximum Gasteiger partial charge on any atom is 0.321 e. The normalized spacial score (nSPS) is 21.4. The predicted octanol–water partition coefficient (Wildman–Crippen LogP) is 3.23. The molecule has 1 unspecified atom stereocenters. The summed E-state index contributed by atoms with van der Waals surface area (Å²) >= 11 is 6.12. The van der Waals surface area contributed by atoms with Gasteiger partial charge in [-0.25, -0.2) is 4.79 Å². The van der Waals surface area contributed by atoms with Crippen molar-refractivity contribution in [2.75, 3.05) is 18.4 Å². The van der Waals surface area contributed by atoms with E-state index in [4.69, 9.17) is 11.6 Å². The first-order valence-electron chi connectivity index (χ1n) is 6.93. The van der Waals surface area contributed by atoms with Gasteiger partial charge in [0.2, 0.25) is 0 Å². The molecule has 2 rings (SSSR count). The second kappa shape index (κ2) is 5.93. The number of nitrogens with zero attached hydrogens (tertiary/aromatic N) is 1. The van der Waals surface area contributed by atoms with E-state index in [1.807, 2.05) is 13.0 Å². The molecule has 2 N–H and O–H groups in total. The summed E-state index contributed by atoms with van der Waals surface area (Å²) in [5.74, 6) is -0.867. The lowest BCUT2D eigenvalue weighted by Gasteiger charge is -2.20. The van der Waals surface area contributed by atoms with Crippen molar-refractivity contribution < 1.29 is 14.7 Å². The molecule has 0 radical (unpaired) electrons. The highest BCUT2D eigenvalue weighted by Gasteiger charge is 2.42. The number of hydrogen-bond donors (Lipinski definition) is 2. The number of anilines is 1. The lowest BCUT2D eigenvalue weighted by Crippen LogP contribution is -2.37. The smallest absolute Gasteiger partial charge is 0.321 e. The Hall–Kier alpha value is -1.75. The van der Waals surface area contributed by atoms with Crippen LogP contribution >= 0.6 is 11.6 Å². The van der Waals surface area contributed by atoms with Crippen LogP contribution in [0.1, 0.15) is 25.8 Å². The number of carbonyl (C=O) groups excluding carboxylic acids is 1. The van der Waals surface area contributed by atoms with E-state index in [0.717, 1.165) is 12.0 Å². The zero-order valence-corrected chi connectivity index (χ0v) is 12.9. The fraction of sp³-hybridized carbons (Fsp3) is 0.467. The second-order valence-electron chi connectivity index (χ2n) is 5.63. The summed E-state index contributed by atoms with van der Waals surface area (Å²) in [6.45, 7) is 4.33. The second-order valence-corrected chi connectivity index (χ2v) is 6.03. The predicted molar refractivity (Wildman–Crippen MR) is 81.8 cm³/mol. The summed E-state index contributed by atoms with van der Waals surface area (Å²) in [5, 5.41) is 12.6. The van der Waals surface area contributed by atoms with E-state index in [1.165, 1.54) is 4.90 Å².